The van der Waals surface area contributed by atoms with Gasteiger partial charge in [-0.3, -0.25) is 4.57 Å². The third kappa shape index (κ3) is 3.52. The molecule has 1 N–H and O–H groups in total. The number of hydrogen-bond acceptors (Lipinski definition) is 2. The Morgan fingerprint density at radius 3 is 2.46 bits per heavy atom. The van der Waals surface area contributed by atoms with E-state index in [-0.39, 0.29) is 5.56 Å². The van der Waals surface area contributed by atoms with E-state index in [1.807, 2.05) is 53.1 Å². The van der Waals surface area contributed by atoms with Crippen molar-refractivity contribution in [1.29, 1.82) is 0 Å². The van der Waals surface area contributed by atoms with Gasteiger partial charge in [0.2, 0.25) is 0 Å². The lowest BCUT2D eigenvalue weighted by atomic mass is 10.2. The van der Waals surface area contributed by atoms with Crippen molar-refractivity contribution in [2.75, 3.05) is 0 Å². The molecule has 0 unspecified atom stereocenters. The van der Waals surface area contributed by atoms with E-state index < -0.39 is 5.97 Å². The first-order chi connectivity index (χ1) is 13.5. The summed E-state index contributed by atoms with van der Waals surface area (Å²) in [5.74, 6) is -0.323. The van der Waals surface area contributed by atoms with Crippen molar-refractivity contribution < 1.29 is 9.90 Å². The monoisotopic (exact) mass is 408 g/mol. The maximum Gasteiger partial charge on any atom is 0.335 e. The van der Waals surface area contributed by atoms with E-state index in [0.717, 1.165) is 16.8 Å². The van der Waals surface area contributed by atoms with Crippen LogP contribution in [0.25, 0.3) is 28.9 Å². The zero-order chi connectivity index (χ0) is 19.7. The lowest BCUT2D eigenvalue weighted by molar-refractivity contribution is 0.0697. The minimum absolute atomic E-state index is 0.196. The van der Waals surface area contributed by atoms with Crippen molar-refractivity contribution in [3.05, 3.63) is 93.7 Å². The number of para-hydroxylation sites is 1. The highest BCUT2D eigenvalue weighted by Crippen LogP contribution is 2.26. The molecule has 138 valence electrons. The summed E-state index contributed by atoms with van der Waals surface area (Å²) in [6.45, 7) is 0. The van der Waals surface area contributed by atoms with Crippen molar-refractivity contribution in [2.24, 2.45) is 0 Å². The first-order valence-electron chi connectivity index (χ1n) is 8.47. The summed E-state index contributed by atoms with van der Waals surface area (Å²) in [5, 5.41) is 10.4. The van der Waals surface area contributed by atoms with Gasteiger partial charge in [0.25, 0.3) is 0 Å². The molecule has 0 spiro atoms. The first-order valence-corrected chi connectivity index (χ1v) is 9.23. The molecule has 0 bridgehead atoms. The third-order valence-electron chi connectivity index (χ3n) is 4.32. The van der Waals surface area contributed by atoms with Crippen molar-refractivity contribution >= 4 is 52.4 Å². The molecular weight excluding hydrogens is 395 g/mol. The number of carboxylic acids is 1. The standard InChI is InChI=1S/C22H14Cl2N2O2/c23-16-9-6-14(18(24)13-16)8-11-21-25-19-12-15(22(27)28)7-10-20(19)26(21)17-4-2-1-3-5-17/h1-13H,(H,27,28). The third-order valence-corrected chi connectivity index (χ3v) is 4.88. The van der Waals surface area contributed by atoms with E-state index in [9.17, 15) is 9.90 Å². The largest absolute Gasteiger partial charge is 0.478 e. The summed E-state index contributed by atoms with van der Waals surface area (Å²) >= 11 is 12.2. The molecule has 3 aromatic carbocycles. The number of nitrogens with zero attached hydrogens (tertiary/aromatic N) is 2. The van der Waals surface area contributed by atoms with Gasteiger partial charge in [-0.1, -0.05) is 47.5 Å². The zero-order valence-corrected chi connectivity index (χ0v) is 16.0. The van der Waals surface area contributed by atoms with Gasteiger partial charge < -0.3 is 5.11 Å². The summed E-state index contributed by atoms with van der Waals surface area (Å²) in [6, 6.07) is 20.0. The molecule has 0 radical (unpaired) electrons. The van der Waals surface area contributed by atoms with Crippen LogP contribution in [0.3, 0.4) is 0 Å². The maximum absolute atomic E-state index is 11.3. The molecule has 0 aliphatic rings. The molecule has 0 atom stereocenters. The van der Waals surface area contributed by atoms with Gasteiger partial charge in [-0.25, -0.2) is 9.78 Å². The minimum Gasteiger partial charge on any atom is -0.478 e. The fourth-order valence-electron chi connectivity index (χ4n) is 2.99. The van der Waals surface area contributed by atoms with E-state index in [0.29, 0.717) is 21.4 Å². The number of carbonyl (C=O) groups is 1. The highest BCUT2D eigenvalue weighted by Gasteiger charge is 2.13. The van der Waals surface area contributed by atoms with Gasteiger partial charge in [-0.15, -0.1) is 0 Å². The Labute approximate surface area is 171 Å². The van der Waals surface area contributed by atoms with Crippen molar-refractivity contribution in [3.8, 4) is 5.69 Å². The first kappa shape index (κ1) is 18.3. The molecule has 0 fully saturated rings. The van der Waals surface area contributed by atoms with Crippen LogP contribution in [0.2, 0.25) is 10.0 Å². The quantitative estimate of drug-likeness (QED) is 0.437. The van der Waals surface area contributed by atoms with E-state index in [4.69, 9.17) is 23.2 Å². The number of imidazole rings is 1. The zero-order valence-electron chi connectivity index (χ0n) is 14.5. The average Bonchev–Trinajstić information content (AvgIpc) is 3.05. The Hall–Kier alpha value is -3.08. The number of aromatic carboxylic acids is 1. The topological polar surface area (TPSA) is 55.1 Å². The molecule has 6 heteroatoms. The van der Waals surface area contributed by atoms with Gasteiger partial charge in [0.15, 0.2) is 0 Å². The van der Waals surface area contributed by atoms with Crippen LogP contribution in [0.4, 0.5) is 0 Å². The Bertz CT molecular complexity index is 1210. The second kappa shape index (κ2) is 7.50. The van der Waals surface area contributed by atoms with E-state index in [1.165, 1.54) is 0 Å². The number of fused-ring (bicyclic) bond motifs is 1. The molecule has 4 aromatic rings. The lowest BCUT2D eigenvalue weighted by Crippen LogP contribution is -1.98. The number of carboxylic acid groups (broad SMARTS) is 1. The SMILES string of the molecule is O=C(O)c1ccc2c(c1)nc(C=Cc1ccc(Cl)cc1Cl)n2-c1ccccc1. The summed E-state index contributed by atoms with van der Waals surface area (Å²) in [6.07, 6.45) is 3.71. The second-order valence-corrected chi connectivity index (χ2v) is 6.99. The highest BCUT2D eigenvalue weighted by atomic mass is 35.5. The average molecular weight is 409 g/mol. The van der Waals surface area contributed by atoms with Crippen LogP contribution in [0.1, 0.15) is 21.7 Å². The predicted octanol–water partition coefficient (Wildman–Crippen LogP) is 6.20. The highest BCUT2D eigenvalue weighted by molar-refractivity contribution is 6.35. The van der Waals surface area contributed by atoms with E-state index >= 15 is 0 Å². The van der Waals surface area contributed by atoms with E-state index in [1.54, 1.807) is 30.3 Å². The maximum atomic E-state index is 11.3. The van der Waals surface area contributed by atoms with Crippen LogP contribution in [0.15, 0.2) is 66.7 Å². The summed E-state index contributed by atoms with van der Waals surface area (Å²) in [5.41, 5.74) is 3.35. The van der Waals surface area contributed by atoms with Gasteiger partial charge in [0, 0.05) is 15.7 Å². The summed E-state index contributed by atoms with van der Waals surface area (Å²) < 4.78 is 1.97. The van der Waals surface area contributed by atoms with Crippen LogP contribution in [0, 0.1) is 0 Å². The van der Waals surface area contributed by atoms with Crippen LogP contribution < -0.4 is 0 Å². The normalized spacial score (nSPS) is 11.4. The molecule has 4 rings (SSSR count). The molecule has 1 aromatic heterocycles. The van der Waals surface area contributed by atoms with Gasteiger partial charge in [0.1, 0.15) is 5.82 Å². The lowest BCUT2D eigenvalue weighted by Gasteiger charge is -2.07. The molecule has 1 heterocycles. The second-order valence-electron chi connectivity index (χ2n) is 6.15. The smallest absolute Gasteiger partial charge is 0.335 e. The van der Waals surface area contributed by atoms with Crippen molar-refractivity contribution in [1.82, 2.24) is 9.55 Å². The Morgan fingerprint density at radius 2 is 1.75 bits per heavy atom. The molecule has 28 heavy (non-hydrogen) atoms. The molecule has 0 aliphatic carbocycles. The summed E-state index contributed by atoms with van der Waals surface area (Å²) in [4.78, 5) is 15.9. The molecule has 0 amide bonds. The van der Waals surface area contributed by atoms with Gasteiger partial charge in [-0.2, -0.15) is 0 Å². The Balaban J connectivity index is 1.88. The molecular formula is C22H14Cl2N2O2. The van der Waals surface area contributed by atoms with Gasteiger partial charge >= 0.3 is 5.97 Å². The number of aromatic nitrogens is 2. The van der Waals surface area contributed by atoms with Crippen LogP contribution in [-0.4, -0.2) is 20.6 Å². The molecule has 0 aliphatic heterocycles. The van der Waals surface area contributed by atoms with Crippen LogP contribution in [0.5, 0.6) is 0 Å². The number of hydrogen-bond donors (Lipinski definition) is 1. The molecule has 0 saturated carbocycles. The fraction of sp³-hybridized carbons (Fsp3) is 0. The molecule has 0 saturated heterocycles. The van der Waals surface area contributed by atoms with Crippen molar-refractivity contribution in [3.63, 3.8) is 0 Å². The van der Waals surface area contributed by atoms with Crippen molar-refractivity contribution in [2.45, 2.75) is 0 Å². The van der Waals surface area contributed by atoms with Crippen LogP contribution in [-0.2, 0) is 0 Å². The Kier molecular flexibility index (Phi) is 4.90. The Morgan fingerprint density at radius 1 is 0.964 bits per heavy atom. The minimum atomic E-state index is -0.985. The molecule has 4 nitrogen and oxygen atoms in total. The number of rotatable bonds is 4. The summed E-state index contributed by atoms with van der Waals surface area (Å²) in [7, 11) is 0. The van der Waals surface area contributed by atoms with Crippen LogP contribution >= 0.6 is 23.2 Å². The number of halogens is 2. The fourth-order valence-corrected chi connectivity index (χ4v) is 3.46. The predicted molar refractivity (Wildman–Crippen MR) is 113 cm³/mol. The van der Waals surface area contributed by atoms with Gasteiger partial charge in [0.05, 0.1) is 16.6 Å². The van der Waals surface area contributed by atoms with Gasteiger partial charge in [-0.05, 0) is 60.2 Å². The van der Waals surface area contributed by atoms with E-state index in [2.05, 4.69) is 4.98 Å². The number of benzene rings is 3.